The van der Waals surface area contributed by atoms with Gasteiger partial charge in [-0.05, 0) is 49.6 Å². The lowest BCUT2D eigenvalue weighted by Gasteiger charge is -2.26. The van der Waals surface area contributed by atoms with Crippen molar-refractivity contribution in [2.45, 2.75) is 44.2 Å². The molecule has 0 bridgehead atoms. The van der Waals surface area contributed by atoms with Gasteiger partial charge in [0.05, 0.1) is 0 Å². The second-order valence-corrected chi connectivity index (χ2v) is 5.84. The highest BCUT2D eigenvalue weighted by Crippen LogP contribution is 2.34. The standard InChI is InChI=1S/C13H20N2S/c1-3-11(12-5-2-7-14-12)13(4-1)15-10-6-8-16-9-10/h6,8-9,11-15H,1-5,7H2. The molecule has 2 N–H and O–H groups in total. The summed E-state index contributed by atoms with van der Waals surface area (Å²) < 4.78 is 0. The smallest absolute Gasteiger partial charge is 0.0451 e. The molecular formula is C13H20N2S. The summed E-state index contributed by atoms with van der Waals surface area (Å²) in [7, 11) is 0. The number of anilines is 1. The van der Waals surface area contributed by atoms with Gasteiger partial charge in [0.1, 0.15) is 0 Å². The van der Waals surface area contributed by atoms with Gasteiger partial charge in [0.2, 0.25) is 0 Å². The van der Waals surface area contributed by atoms with Crippen LogP contribution in [0.4, 0.5) is 5.69 Å². The summed E-state index contributed by atoms with van der Waals surface area (Å²) in [4.78, 5) is 0. The second-order valence-electron chi connectivity index (χ2n) is 5.06. The van der Waals surface area contributed by atoms with Crippen LogP contribution in [0, 0.1) is 5.92 Å². The molecule has 3 atom stereocenters. The maximum Gasteiger partial charge on any atom is 0.0451 e. The first-order chi connectivity index (χ1) is 7.93. The lowest BCUT2D eigenvalue weighted by molar-refractivity contribution is 0.376. The molecule has 3 heteroatoms. The van der Waals surface area contributed by atoms with Crippen molar-refractivity contribution in [1.82, 2.24) is 5.32 Å². The minimum atomic E-state index is 0.699. The molecule has 2 heterocycles. The lowest BCUT2D eigenvalue weighted by atomic mass is 9.93. The van der Waals surface area contributed by atoms with Gasteiger partial charge in [0.25, 0.3) is 0 Å². The Bertz CT molecular complexity index is 317. The molecule has 0 radical (unpaired) electrons. The predicted octanol–water partition coefficient (Wildman–Crippen LogP) is 3.08. The Balaban J connectivity index is 1.64. The molecular weight excluding hydrogens is 216 g/mol. The third-order valence-corrected chi connectivity index (χ3v) is 4.74. The van der Waals surface area contributed by atoms with Gasteiger partial charge in [-0.25, -0.2) is 0 Å². The Labute approximate surface area is 101 Å². The van der Waals surface area contributed by atoms with Crippen LogP contribution >= 0.6 is 11.3 Å². The zero-order valence-corrected chi connectivity index (χ0v) is 10.4. The molecule has 1 saturated carbocycles. The van der Waals surface area contributed by atoms with Crippen LogP contribution in [-0.2, 0) is 0 Å². The summed E-state index contributed by atoms with van der Waals surface area (Å²) in [6.45, 7) is 1.23. The van der Waals surface area contributed by atoms with Crippen molar-refractivity contribution in [1.29, 1.82) is 0 Å². The SMILES string of the molecule is c1cc(NC2CCCC2C2CCCN2)cs1. The molecule has 2 fully saturated rings. The summed E-state index contributed by atoms with van der Waals surface area (Å²) in [6.07, 6.45) is 6.89. The minimum Gasteiger partial charge on any atom is -0.381 e. The van der Waals surface area contributed by atoms with Crippen LogP contribution < -0.4 is 10.6 Å². The predicted molar refractivity (Wildman–Crippen MR) is 70.1 cm³/mol. The Kier molecular flexibility index (Phi) is 3.15. The van der Waals surface area contributed by atoms with Crippen LogP contribution in [0.5, 0.6) is 0 Å². The third kappa shape index (κ3) is 2.11. The Hall–Kier alpha value is -0.540. The molecule has 1 aliphatic heterocycles. The molecule has 1 saturated heterocycles. The van der Waals surface area contributed by atoms with Gasteiger partial charge < -0.3 is 10.6 Å². The highest BCUT2D eigenvalue weighted by molar-refractivity contribution is 7.08. The average molecular weight is 236 g/mol. The van der Waals surface area contributed by atoms with Crippen molar-refractivity contribution in [2.24, 2.45) is 5.92 Å². The first-order valence-electron chi connectivity index (χ1n) is 6.45. The van der Waals surface area contributed by atoms with Crippen LogP contribution in [0.15, 0.2) is 16.8 Å². The number of nitrogens with one attached hydrogen (secondary N) is 2. The molecule has 0 aromatic carbocycles. The normalized spacial score (nSPS) is 34.4. The van der Waals surface area contributed by atoms with E-state index in [9.17, 15) is 0 Å². The second kappa shape index (κ2) is 4.76. The van der Waals surface area contributed by atoms with E-state index in [1.165, 1.54) is 44.3 Å². The highest BCUT2D eigenvalue weighted by Gasteiger charge is 2.34. The van der Waals surface area contributed by atoms with E-state index in [-0.39, 0.29) is 0 Å². The Morgan fingerprint density at radius 1 is 1.25 bits per heavy atom. The van der Waals surface area contributed by atoms with Gasteiger partial charge in [-0.2, -0.15) is 11.3 Å². The van der Waals surface area contributed by atoms with Crippen LogP contribution in [-0.4, -0.2) is 18.6 Å². The van der Waals surface area contributed by atoms with Crippen LogP contribution in [0.3, 0.4) is 0 Å². The van der Waals surface area contributed by atoms with E-state index in [0.29, 0.717) is 6.04 Å². The molecule has 3 rings (SSSR count). The number of rotatable bonds is 3. The van der Waals surface area contributed by atoms with Gasteiger partial charge >= 0.3 is 0 Å². The third-order valence-electron chi connectivity index (χ3n) is 4.06. The van der Waals surface area contributed by atoms with E-state index >= 15 is 0 Å². The van der Waals surface area contributed by atoms with Crippen molar-refractivity contribution in [3.8, 4) is 0 Å². The van der Waals surface area contributed by atoms with Gasteiger partial charge in [-0.3, -0.25) is 0 Å². The molecule has 16 heavy (non-hydrogen) atoms. The maximum atomic E-state index is 3.72. The van der Waals surface area contributed by atoms with Gasteiger partial charge in [0.15, 0.2) is 0 Å². The maximum absolute atomic E-state index is 3.72. The summed E-state index contributed by atoms with van der Waals surface area (Å²) in [5, 5.41) is 11.8. The molecule has 1 aromatic heterocycles. The van der Waals surface area contributed by atoms with Crippen LogP contribution in [0.1, 0.15) is 32.1 Å². The molecule has 3 unspecified atom stereocenters. The fourth-order valence-electron chi connectivity index (χ4n) is 3.29. The molecule has 88 valence electrons. The first kappa shape index (κ1) is 10.6. The average Bonchev–Trinajstić information content (AvgIpc) is 2.98. The van der Waals surface area contributed by atoms with Gasteiger partial charge in [-0.15, -0.1) is 0 Å². The summed E-state index contributed by atoms with van der Waals surface area (Å²) in [5.41, 5.74) is 1.32. The quantitative estimate of drug-likeness (QED) is 0.843. The van der Waals surface area contributed by atoms with E-state index in [0.717, 1.165) is 12.0 Å². The van der Waals surface area contributed by atoms with Crippen molar-refractivity contribution in [3.05, 3.63) is 16.8 Å². The fraction of sp³-hybridized carbons (Fsp3) is 0.692. The van der Waals surface area contributed by atoms with E-state index < -0.39 is 0 Å². The van der Waals surface area contributed by atoms with E-state index in [1.54, 1.807) is 11.3 Å². The Morgan fingerprint density at radius 2 is 2.25 bits per heavy atom. The molecule has 1 aliphatic carbocycles. The molecule has 1 aromatic rings. The van der Waals surface area contributed by atoms with Crippen molar-refractivity contribution in [2.75, 3.05) is 11.9 Å². The highest BCUT2D eigenvalue weighted by atomic mass is 32.1. The van der Waals surface area contributed by atoms with E-state index in [2.05, 4.69) is 27.5 Å². The zero-order valence-electron chi connectivity index (χ0n) is 9.61. The number of hydrogen-bond donors (Lipinski definition) is 2. The lowest BCUT2D eigenvalue weighted by Crippen LogP contribution is -2.38. The van der Waals surface area contributed by atoms with Crippen LogP contribution in [0.2, 0.25) is 0 Å². The monoisotopic (exact) mass is 236 g/mol. The summed E-state index contributed by atoms with van der Waals surface area (Å²) in [6, 6.07) is 3.67. The van der Waals surface area contributed by atoms with Crippen molar-refractivity contribution < 1.29 is 0 Å². The van der Waals surface area contributed by atoms with Crippen molar-refractivity contribution >= 4 is 17.0 Å². The molecule has 2 nitrogen and oxygen atoms in total. The molecule has 0 spiro atoms. The molecule has 2 aliphatic rings. The molecule has 0 amide bonds. The largest absolute Gasteiger partial charge is 0.381 e. The van der Waals surface area contributed by atoms with E-state index in [1.807, 2.05) is 0 Å². The van der Waals surface area contributed by atoms with E-state index in [4.69, 9.17) is 0 Å². The van der Waals surface area contributed by atoms with Gasteiger partial charge in [0, 0.05) is 23.2 Å². The topological polar surface area (TPSA) is 24.1 Å². The fourth-order valence-corrected chi connectivity index (χ4v) is 3.88. The van der Waals surface area contributed by atoms with Crippen molar-refractivity contribution in [3.63, 3.8) is 0 Å². The Morgan fingerprint density at radius 3 is 3.00 bits per heavy atom. The summed E-state index contributed by atoms with van der Waals surface area (Å²) >= 11 is 1.78. The summed E-state index contributed by atoms with van der Waals surface area (Å²) in [5.74, 6) is 0.849. The number of hydrogen-bond acceptors (Lipinski definition) is 3. The zero-order chi connectivity index (χ0) is 10.8. The number of thiophene rings is 1. The minimum absolute atomic E-state index is 0.699. The van der Waals surface area contributed by atoms with Gasteiger partial charge in [-0.1, -0.05) is 6.42 Å². The first-order valence-corrected chi connectivity index (χ1v) is 7.40. The van der Waals surface area contributed by atoms with Crippen LogP contribution in [0.25, 0.3) is 0 Å².